The van der Waals surface area contributed by atoms with Gasteiger partial charge in [0.25, 0.3) is 11.5 Å². The first-order valence-electron chi connectivity index (χ1n) is 11.5. The van der Waals surface area contributed by atoms with Gasteiger partial charge in [0.1, 0.15) is 0 Å². The highest BCUT2D eigenvalue weighted by molar-refractivity contribution is 7.15. The molecule has 0 fully saturated rings. The average molecular weight is 558 g/mol. The summed E-state index contributed by atoms with van der Waals surface area (Å²) < 4.78 is 28.6. The van der Waals surface area contributed by atoms with E-state index in [1.807, 2.05) is 6.92 Å². The highest BCUT2D eigenvalue weighted by Crippen LogP contribution is 2.40. The first-order chi connectivity index (χ1) is 18.6. The summed E-state index contributed by atoms with van der Waals surface area (Å²) >= 11 is 1.20. The first kappa shape index (κ1) is 28.9. The van der Waals surface area contributed by atoms with Crippen LogP contribution in [0.3, 0.4) is 0 Å². The van der Waals surface area contributed by atoms with Gasteiger partial charge in [-0.05, 0) is 42.8 Å². The van der Waals surface area contributed by atoms with Crippen molar-refractivity contribution in [1.29, 1.82) is 0 Å². The Labute approximate surface area is 227 Å². The number of carbonyl (C=O) groups is 2. The van der Waals surface area contributed by atoms with Gasteiger partial charge in [-0.1, -0.05) is 17.4 Å². The molecule has 0 saturated carbocycles. The Bertz CT molecular complexity index is 1580. The Morgan fingerprint density at radius 3 is 2.15 bits per heavy atom. The summed E-state index contributed by atoms with van der Waals surface area (Å²) in [6, 6.07) is 8.51. The zero-order chi connectivity index (χ0) is 28.7. The van der Waals surface area contributed by atoms with Gasteiger partial charge in [-0.3, -0.25) is 14.4 Å². The van der Waals surface area contributed by atoms with Crippen molar-refractivity contribution in [1.82, 2.24) is 14.6 Å². The number of methoxy groups -OCH3 is 3. The minimum atomic E-state index is -0.833. The molecule has 0 bridgehead atoms. The molecule has 1 N–H and O–H groups in total. The van der Waals surface area contributed by atoms with Gasteiger partial charge < -0.3 is 28.8 Å². The largest absolute Gasteiger partial charge is 0.493 e. The highest BCUT2D eigenvalue weighted by atomic mass is 32.1. The van der Waals surface area contributed by atoms with Crippen LogP contribution in [0.4, 0.5) is 0 Å². The molecule has 0 saturated heterocycles. The number of esters is 1. The van der Waals surface area contributed by atoms with E-state index in [-0.39, 0.29) is 5.56 Å². The number of thiazole rings is 1. The van der Waals surface area contributed by atoms with Crippen LogP contribution in [-0.4, -0.2) is 59.6 Å². The van der Waals surface area contributed by atoms with Gasteiger partial charge in [0.15, 0.2) is 28.8 Å². The minimum Gasteiger partial charge on any atom is -0.493 e. The van der Waals surface area contributed by atoms with Crippen LogP contribution in [0.2, 0.25) is 0 Å². The Morgan fingerprint density at radius 1 is 1.00 bits per heavy atom. The van der Waals surface area contributed by atoms with E-state index in [9.17, 15) is 9.59 Å². The topological polar surface area (TPSA) is 148 Å². The van der Waals surface area contributed by atoms with E-state index in [0.717, 1.165) is 6.92 Å². The highest BCUT2D eigenvalue weighted by Gasteiger charge is 2.18. The molecule has 2 aromatic heterocycles. The lowest BCUT2D eigenvalue weighted by Gasteiger charge is -2.12. The molecule has 206 valence electrons. The fourth-order valence-corrected chi connectivity index (χ4v) is 4.35. The number of hydrogen-bond donors (Lipinski definition) is 1. The Morgan fingerprint density at radius 2 is 1.64 bits per heavy atom. The summed E-state index contributed by atoms with van der Waals surface area (Å²) in [5.74, 6) is 1.16. The van der Waals surface area contributed by atoms with E-state index >= 15 is 0 Å². The maximum Gasteiger partial charge on any atom is 0.308 e. The smallest absolute Gasteiger partial charge is 0.308 e. The average Bonchev–Trinajstić information content (AvgIpc) is 3.43. The lowest BCUT2D eigenvalue weighted by atomic mass is 10.1. The second kappa shape index (κ2) is 12.7. The van der Waals surface area contributed by atoms with E-state index in [4.69, 9.17) is 33.6 Å². The number of carbonyl (C=O) groups excluding carboxylic acids is 1. The normalized spacial score (nSPS) is 11.0. The monoisotopic (exact) mass is 557 g/mol. The summed E-state index contributed by atoms with van der Waals surface area (Å²) in [4.78, 5) is 38.3. The van der Waals surface area contributed by atoms with Gasteiger partial charge in [-0.15, -0.1) is 5.10 Å². The van der Waals surface area contributed by atoms with Crippen molar-refractivity contribution >= 4 is 34.3 Å². The van der Waals surface area contributed by atoms with Crippen LogP contribution in [0.15, 0.2) is 35.1 Å². The van der Waals surface area contributed by atoms with Gasteiger partial charge in [0, 0.05) is 19.4 Å². The van der Waals surface area contributed by atoms with Gasteiger partial charge in [-0.25, -0.2) is 0 Å². The molecule has 0 aliphatic carbocycles. The predicted octanol–water partition coefficient (Wildman–Crippen LogP) is 2.81. The van der Waals surface area contributed by atoms with Gasteiger partial charge >= 0.3 is 5.97 Å². The standard InChI is InChI=1S/C24H23N3O7S.C2H4O2/c1-6-33-17-9-14(7-8-16(17)34-13(2)28)10-20-23(29)27-24(35-20)25-22(26-27)15-11-18(30-3)21(32-5)19(12-15)31-4;1-2(3)4/h7-12H,6H2,1-5H3;1H3,(H,3,4)/b20-10-;. The molecule has 0 aliphatic heterocycles. The molecule has 0 unspecified atom stereocenters. The molecular formula is C26H27N3O9S. The Hall–Kier alpha value is -4.65. The Kier molecular flexibility index (Phi) is 9.44. The van der Waals surface area contributed by atoms with Crippen molar-refractivity contribution < 1.29 is 38.4 Å². The van der Waals surface area contributed by atoms with E-state index in [2.05, 4.69) is 10.1 Å². The van der Waals surface area contributed by atoms with Crippen LogP contribution in [0.25, 0.3) is 22.4 Å². The maximum atomic E-state index is 13.0. The van der Waals surface area contributed by atoms with Crippen LogP contribution < -0.4 is 33.8 Å². The fourth-order valence-electron chi connectivity index (χ4n) is 3.44. The number of rotatable bonds is 8. The van der Waals surface area contributed by atoms with E-state index in [1.165, 1.54) is 44.1 Å². The van der Waals surface area contributed by atoms with E-state index in [0.29, 0.717) is 61.8 Å². The number of ether oxygens (including phenoxy) is 5. The van der Waals surface area contributed by atoms with Crippen LogP contribution >= 0.6 is 11.3 Å². The predicted molar refractivity (Wildman–Crippen MR) is 143 cm³/mol. The summed E-state index contributed by atoms with van der Waals surface area (Å²) in [6.45, 7) is 4.63. The molecule has 12 nitrogen and oxygen atoms in total. The van der Waals surface area contributed by atoms with Crippen molar-refractivity contribution in [3.05, 3.63) is 50.8 Å². The number of fused-ring (bicyclic) bond motifs is 1. The minimum absolute atomic E-state index is 0.307. The first-order valence-corrected chi connectivity index (χ1v) is 12.3. The van der Waals surface area contributed by atoms with Crippen LogP contribution in [-0.2, 0) is 9.59 Å². The molecule has 0 aliphatic rings. The molecule has 0 radical (unpaired) electrons. The molecule has 2 heterocycles. The second-order valence-electron chi connectivity index (χ2n) is 7.71. The van der Waals surface area contributed by atoms with Gasteiger partial charge in [-0.2, -0.15) is 9.50 Å². The third kappa shape index (κ3) is 6.82. The Balaban J connectivity index is 0.000000983. The van der Waals surface area contributed by atoms with Crippen molar-refractivity contribution in [3.63, 3.8) is 0 Å². The number of carboxylic acids is 1. The fraction of sp³-hybridized carbons (Fsp3) is 0.269. The lowest BCUT2D eigenvalue weighted by Crippen LogP contribution is -2.23. The summed E-state index contributed by atoms with van der Waals surface area (Å²) in [6.07, 6.45) is 1.71. The summed E-state index contributed by atoms with van der Waals surface area (Å²) in [5.41, 5.74) is 1.01. The quantitative estimate of drug-likeness (QED) is 0.252. The van der Waals surface area contributed by atoms with E-state index in [1.54, 1.807) is 36.4 Å². The van der Waals surface area contributed by atoms with Crippen LogP contribution in [0.1, 0.15) is 26.3 Å². The zero-order valence-corrected chi connectivity index (χ0v) is 23.0. The number of nitrogens with zero attached hydrogens (tertiary/aromatic N) is 3. The van der Waals surface area contributed by atoms with Crippen LogP contribution in [0.5, 0.6) is 28.7 Å². The SMILES string of the molecule is CC(=O)O.CCOc1cc(/C=c2\sc3nc(-c4cc(OC)c(OC)c(OC)c4)nn3c2=O)ccc1OC(C)=O. The molecule has 0 atom stereocenters. The third-order valence-electron chi connectivity index (χ3n) is 4.92. The molecule has 13 heteroatoms. The number of aromatic nitrogens is 3. The molecule has 0 amide bonds. The molecule has 0 spiro atoms. The van der Waals surface area contributed by atoms with Crippen molar-refractivity contribution in [2.75, 3.05) is 27.9 Å². The molecule has 4 rings (SSSR count). The number of aliphatic carboxylic acids is 1. The van der Waals surface area contributed by atoms with Crippen molar-refractivity contribution in [2.45, 2.75) is 20.8 Å². The van der Waals surface area contributed by atoms with Gasteiger partial charge in [0.05, 0.1) is 32.5 Å². The lowest BCUT2D eigenvalue weighted by molar-refractivity contribution is -0.134. The number of hydrogen-bond acceptors (Lipinski definition) is 11. The summed E-state index contributed by atoms with van der Waals surface area (Å²) in [5, 5.41) is 11.8. The van der Waals surface area contributed by atoms with Gasteiger partial charge in [0.2, 0.25) is 10.7 Å². The molecule has 4 aromatic rings. The van der Waals surface area contributed by atoms with Crippen molar-refractivity contribution in [2.24, 2.45) is 0 Å². The maximum absolute atomic E-state index is 13.0. The van der Waals surface area contributed by atoms with Crippen LogP contribution in [0, 0.1) is 0 Å². The van der Waals surface area contributed by atoms with Crippen molar-refractivity contribution in [3.8, 4) is 40.1 Å². The molecule has 39 heavy (non-hydrogen) atoms. The third-order valence-corrected chi connectivity index (χ3v) is 5.88. The number of benzene rings is 2. The zero-order valence-electron chi connectivity index (χ0n) is 22.1. The number of carboxylic acid groups (broad SMARTS) is 1. The molecular weight excluding hydrogens is 530 g/mol. The molecule has 2 aromatic carbocycles. The second-order valence-corrected chi connectivity index (χ2v) is 8.72. The summed E-state index contributed by atoms with van der Waals surface area (Å²) in [7, 11) is 4.57. The van der Waals surface area contributed by atoms with E-state index < -0.39 is 11.9 Å².